The Hall–Kier alpha value is -0.590. The van der Waals surface area contributed by atoms with E-state index in [1.54, 1.807) is 23.9 Å². The molecule has 1 aliphatic heterocycles. The van der Waals surface area contributed by atoms with Crippen molar-refractivity contribution < 1.29 is 13.9 Å². The van der Waals surface area contributed by atoms with E-state index in [1.807, 2.05) is 11.8 Å². The van der Waals surface area contributed by atoms with Crippen molar-refractivity contribution in [2.24, 2.45) is 0 Å². The zero-order valence-electron chi connectivity index (χ0n) is 11.3. The topological polar surface area (TPSA) is 29.5 Å². The van der Waals surface area contributed by atoms with Crippen LogP contribution in [0.5, 0.6) is 0 Å². The number of carbonyl (C=O) groups excluding carboxylic acids is 1. The zero-order chi connectivity index (χ0) is 14.5. The van der Waals surface area contributed by atoms with E-state index in [0.29, 0.717) is 30.0 Å². The fourth-order valence-corrected chi connectivity index (χ4v) is 3.72. The Morgan fingerprint density at radius 1 is 1.55 bits per heavy atom. The number of amides is 1. The first-order valence-corrected chi connectivity index (χ1v) is 8.41. The molecule has 2 rings (SSSR count). The molecule has 3 nitrogen and oxygen atoms in total. The summed E-state index contributed by atoms with van der Waals surface area (Å²) in [5.41, 5.74) is 0.950. The van der Waals surface area contributed by atoms with Gasteiger partial charge in [0.05, 0.1) is 10.2 Å². The molecule has 0 N–H and O–H groups in total. The van der Waals surface area contributed by atoms with Crippen molar-refractivity contribution in [3.8, 4) is 0 Å². The molecule has 0 aliphatic carbocycles. The van der Waals surface area contributed by atoms with Crippen molar-refractivity contribution >= 4 is 33.6 Å². The lowest BCUT2D eigenvalue weighted by atomic mass is 10.2. The summed E-state index contributed by atoms with van der Waals surface area (Å²) in [6.45, 7) is 3.98. The van der Waals surface area contributed by atoms with Gasteiger partial charge in [0.1, 0.15) is 11.2 Å². The number of rotatable bonds is 6. The molecule has 1 saturated heterocycles. The van der Waals surface area contributed by atoms with Crippen LogP contribution in [0.15, 0.2) is 22.7 Å². The Kier molecular flexibility index (Phi) is 5.86. The third-order valence-corrected chi connectivity index (χ3v) is 4.95. The van der Waals surface area contributed by atoms with Gasteiger partial charge in [0.15, 0.2) is 0 Å². The van der Waals surface area contributed by atoms with Gasteiger partial charge >= 0.3 is 0 Å². The lowest BCUT2D eigenvalue weighted by Gasteiger charge is -2.24. The van der Waals surface area contributed by atoms with Crippen LogP contribution in [0.4, 0.5) is 4.39 Å². The van der Waals surface area contributed by atoms with Crippen molar-refractivity contribution in [1.82, 2.24) is 4.90 Å². The van der Waals surface area contributed by atoms with Crippen LogP contribution in [0.25, 0.3) is 0 Å². The average molecular weight is 362 g/mol. The maximum atomic E-state index is 13.3. The summed E-state index contributed by atoms with van der Waals surface area (Å²) >= 11 is 4.78. The molecule has 6 heteroatoms. The Bertz CT molecular complexity index is 486. The minimum atomic E-state index is -0.286. The summed E-state index contributed by atoms with van der Waals surface area (Å²) in [6, 6.07) is 4.92. The Balaban J connectivity index is 2.05. The number of hydrogen-bond donors (Lipinski definition) is 0. The molecule has 20 heavy (non-hydrogen) atoms. The molecule has 1 heterocycles. The highest BCUT2D eigenvalue weighted by Crippen LogP contribution is 2.39. The molecule has 1 unspecified atom stereocenters. The number of ether oxygens (including phenoxy) is 1. The van der Waals surface area contributed by atoms with Gasteiger partial charge in [-0.1, -0.05) is 6.07 Å². The molecule has 0 saturated carbocycles. The van der Waals surface area contributed by atoms with E-state index in [9.17, 15) is 9.18 Å². The standard InChI is InChI=1S/C14H17BrFNO2S/c1-2-19-7-3-6-17-13(18)9-20-14(17)10-4-5-12(16)11(15)8-10/h4-5,8,14H,2-3,6-7,9H2,1H3. The molecule has 0 radical (unpaired) electrons. The highest BCUT2D eigenvalue weighted by Gasteiger charge is 2.32. The molecule has 0 spiro atoms. The van der Waals surface area contributed by atoms with Crippen molar-refractivity contribution in [3.63, 3.8) is 0 Å². The number of thioether (sulfide) groups is 1. The number of halogens is 2. The lowest BCUT2D eigenvalue weighted by molar-refractivity contribution is -0.128. The molecule has 1 amide bonds. The van der Waals surface area contributed by atoms with Crippen molar-refractivity contribution in [3.05, 3.63) is 34.1 Å². The van der Waals surface area contributed by atoms with E-state index in [0.717, 1.165) is 12.0 Å². The minimum absolute atomic E-state index is 0.0268. The van der Waals surface area contributed by atoms with E-state index < -0.39 is 0 Å². The van der Waals surface area contributed by atoms with Crippen LogP contribution in [0.1, 0.15) is 24.3 Å². The monoisotopic (exact) mass is 361 g/mol. The molecule has 1 atom stereocenters. The molecule has 110 valence electrons. The summed E-state index contributed by atoms with van der Waals surface area (Å²) in [6.07, 6.45) is 0.818. The predicted octanol–water partition coefficient (Wildman–Crippen LogP) is 3.59. The molecule has 0 aromatic heterocycles. The van der Waals surface area contributed by atoms with Gasteiger partial charge in [0.25, 0.3) is 0 Å². The van der Waals surface area contributed by atoms with E-state index >= 15 is 0 Å². The number of nitrogens with zero attached hydrogens (tertiary/aromatic N) is 1. The van der Waals surface area contributed by atoms with Crippen LogP contribution in [-0.4, -0.2) is 36.3 Å². The summed E-state index contributed by atoms with van der Waals surface area (Å²) < 4.78 is 19.0. The van der Waals surface area contributed by atoms with Gasteiger partial charge in [0, 0.05) is 19.8 Å². The van der Waals surface area contributed by atoms with E-state index in [4.69, 9.17) is 4.74 Å². The second-order valence-corrected chi connectivity index (χ2v) is 6.40. The Morgan fingerprint density at radius 3 is 3.05 bits per heavy atom. The number of benzene rings is 1. The van der Waals surface area contributed by atoms with Crippen LogP contribution in [0.2, 0.25) is 0 Å². The smallest absolute Gasteiger partial charge is 0.233 e. The summed E-state index contributed by atoms with van der Waals surface area (Å²) in [5, 5.41) is -0.0268. The first-order chi connectivity index (χ1) is 9.63. The van der Waals surface area contributed by atoms with E-state index in [1.165, 1.54) is 6.07 Å². The van der Waals surface area contributed by atoms with Gasteiger partial charge in [-0.15, -0.1) is 11.8 Å². The average Bonchev–Trinajstić information content (AvgIpc) is 2.79. The second kappa shape index (κ2) is 7.43. The summed E-state index contributed by atoms with van der Waals surface area (Å²) in [5.74, 6) is 0.330. The first kappa shape index (κ1) is 15.8. The fraction of sp³-hybridized carbons (Fsp3) is 0.500. The molecular weight excluding hydrogens is 345 g/mol. The third-order valence-electron chi connectivity index (χ3n) is 3.09. The highest BCUT2D eigenvalue weighted by molar-refractivity contribution is 9.10. The highest BCUT2D eigenvalue weighted by atomic mass is 79.9. The normalized spacial score (nSPS) is 18.9. The van der Waals surface area contributed by atoms with Crippen molar-refractivity contribution in [1.29, 1.82) is 0 Å². The molecular formula is C14H17BrFNO2S. The SMILES string of the molecule is CCOCCCN1C(=O)CSC1c1ccc(F)c(Br)c1. The number of carbonyl (C=O) groups is 1. The number of hydrogen-bond acceptors (Lipinski definition) is 3. The van der Waals surface area contributed by atoms with E-state index in [-0.39, 0.29) is 17.1 Å². The largest absolute Gasteiger partial charge is 0.382 e. The van der Waals surface area contributed by atoms with Crippen LogP contribution < -0.4 is 0 Å². The summed E-state index contributed by atoms with van der Waals surface area (Å²) in [7, 11) is 0. The second-order valence-electron chi connectivity index (χ2n) is 4.47. The fourth-order valence-electron chi connectivity index (χ4n) is 2.12. The Labute approximate surface area is 131 Å². The zero-order valence-corrected chi connectivity index (χ0v) is 13.7. The van der Waals surface area contributed by atoms with E-state index in [2.05, 4.69) is 15.9 Å². The molecule has 1 aromatic rings. The predicted molar refractivity (Wildman–Crippen MR) is 82.1 cm³/mol. The molecule has 1 fully saturated rings. The quantitative estimate of drug-likeness (QED) is 0.725. The Morgan fingerprint density at radius 2 is 2.35 bits per heavy atom. The minimum Gasteiger partial charge on any atom is -0.382 e. The summed E-state index contributed by atoms with van der Waals surface area (Å²) in [4.78, 5) is 13.8. The van der Waals surface area contributed by atoms with Gasteiger partial charge in [0.2, 0.25) is 5.91 Å². The molecule has 0 bridgehead atoms. The van der Waals surface area contributed by atoms with Crippen LogP contribution >= 0.6 is 27.7 Å². The van der Waals surface area contributed by atoms with Gasteiger partial charge in [-0.2, -0.15) is 0 Å². The maximum absolute atomic E-state index is 13.3. The maximum Gasteiger partial charge on any atom is 0.233 e. The van der Waals surface area contributed by atoms with Crippen LogP contribution in [0, 0.1) is 5.82 Å². The lowest BCUT2D eigenvalue weighted by Crippen LogP contribution is -2.29. The van der Waals surface area contributed by atoms with Gasteiger partial charge in [-0.05, 0) is 47.0 Å². The van der Waals surface area contributed by atoms with Crippen molar-refractivity contribution in [2.75, 3.05) is 25.5 Å². The van der Waals surface area contributed by atoms with Gasteiger partial charge < -0.3 is 9.64 Å². The van der Waals surface area contributed by atoms with Crippen LogP contribution in [-0.2, 0) is 9.53 Å². The van der Waals surface area contributed by atoms with Gasteiger partial charge in [-0.25, -0.2) is 4.39 Å². The first-order valence-electron chi connectivity index (χ1n) is 6.57. The van der Waals surface area contributed by atoms with Crippen molar-refractivity contribution in [2.45, 2.75) is 18.7 Å². The molecule has 1 aliphatic rings. The van der Waals surface area contributed by atoms with Gasteiger partial charge in [-0.3, -0.25) is 4.79 Å². The van der Waals surface area contributed by atoms with Crippen LogP contribution in [0.3, 0.4) is 0 Å². The third kappa shape index (κ3) is 3.74. The molecule has 1 aromatic carbocycles.